The molecule has 0 saturated carbocycles. The summed E-state index contributed by atoms with van der Waals surface area (Å²) in [6, 6.07) is 6.85. The van der Waals surface area contributed by atoms with Gasteiger partial charge in [-0.3, -0.25) is 0 Å². The van der Waals surface area contributed by atoms with E-state index in [-0.39, 0.29) is 0 Å². The molecule has 0 aliphatic rings. The van der Waals surface area contributed by atoms with Gasteiger partial charge in [-0.15, -0.1) is 0 Å². The molecule has 1 aromatic rings. The molecule has 1 rings (SSSR count). The summed E-state index contributed by atoms with van der Waals surface area (Å²) >= 11 is 2.09. The Morgan fingerprint density at radius 2 is 1.80 bits per heavy atom. The van der Waals surface area contributed by atoms with Crippen LogP contribution >= 0.6 is 22.6 Å². The van der Waals surface area contributed by atoms with Crippen LogP contribution in [-0.4, -0.2) is 23.9 Å². The maximum atomic E-state index is 11.9. The van der Waals surface area contributed by atoms with E-state index in [9.17, 15) is 13.2 Å². The van der Waals surface area contributed by atoms with Gasteiger partial charge in [-0.1, -0.05) is 0 Å². The molecule has 0 saturated heterocycles. The predicted molar refractivity (Wildman–Crippen MR) is 59.7 cm³/mol. The largest absolute Gasteiger partial charge is 0.416 e. The van der Waals surface area contributed by atoms with E-state index in [4.69, 9.17) is 5.11 Å². The van der Waals surface area contributed by atoms with E-state index in [0.29, 0.717) is 5.69 Å². The Hall–Kier alpha value is -0.500. The first-order valence-corrected chi connectivity index (χ1v) is 5.21. The number of rotatable bonds is 3. The second-order valence-electron chi connectivity index (χ2n) is 2.95. The van der Waals surface area contributed by atoms with E-state index in [1.54, 1.807) is 24.3 Å². The molecule has 0 aliphatic carbocycles. The van der Waals surface area contributed by atoms with E-state index in [0.717, 1.165) is 3.57 Å². The van der Waals surface area contributed by atoms with Gasteiger partial charge in [-0.2, -0.15) is 13.2 Å². The molecule has 0 aromatic heterocycles. The van der Waals surface area contributed by atoms with Crippen molar-refractivity contribution in [2.45, 2.75) is 12.3 Å². The monoisotopic (exact) mass is 331 g/mol. The molecule has 15 heavy (non-hydrogen) atoms. The Balaban J connectivity index is 2.47. The minimum atomic E-state index is -4.57. The first-order chi connectivity index (χ1) is 6.89. The Morgan fingerprint density at radius 1 is 1.27 bits per heavy atom. The molecule has 0 amide bonds. The van der Waals surface area contributed by atoms with Crippen LogP contribution in [0.3, 0.4) is 0 Å². The maximum absolute atomic E-state index is 11.9. The average molecular weight is 331 g/mol. The second-order valence-corrected chi connectivity index (χ2v) is 4.19. The van der Waals surface area contributed by atoms with E-state index < -0.39 is 18.8 Å². The lowest BCUT2D eigenvalue weighted by molar-refractivity contribution is -0.198. The highest BCUT2D eigenvalue weighted by Crippen LogP contribution is 2.20. The highest BCUT2D eigenvalue weighted by molar-refractivity contribution is 14.1. The Bertz CT molecular complexity index is 312. The highest BCUT2D eigenvalue weighted by Gasteiger charge is 2.37. The van der Waals surface area contributed by atoms with E-state index in [1.807, 2.05) is 0 Å². The van der Waals surface area contributed by atoms with Crippen LogP contribution in [0.2, 0.25) is 0 Å². The topological polar surface area (TPSA) is 32.3 Å². The molecule has 0 aliphatic heterocycles. The number of benzene rings is 1. The fourth-order valence-electron chi connectivity index (χ4n) is 0.898. The summed E-state index contributed by atoms with van der Waals surface area (Å²) in [7, 11) is 0. The number of alkyl halides is 3. The van der Waals surface area contributed by atoms with Crippen LogP contribution < -0.4 is 5.32 Å². The number of anilines is 1. The van der Waals surface area contributed by atoms with Gasteiger partial charge in [0.15, 0.2) is 6.10 Å². The summed E-state index contributed by atoms with van der Waals surface area (Å²) in [5, 5.41) is 11.2. The normalized spacial score (nSPS) is 13.7. The molecular weight excluding hydrogens is 322 g/mol. The maximum Gasteiger partial charge on any atom is 0.416 e. The minimum absolute atomic E-state index is 0.538. The summed E-state index contributed by atoms with van der Waals surface area (Å²) in [5.74, 6) is 0. The molecule has 1 unspecified atom stereocenters. The van der Waals surface area contributed by atoms with Crippen molar-refractivity contribution in [3.05, 3.63) is 27.8 Å². The van der Waals surface area contributed by atoms with Gasteiger partial charge < -0.3 is 10.4 Å². The van der Waals surface area contributed by atoms with Crippen LogP contribution in [0.15, 0.2) is 24.3 Å². The molecular formula is C9H9F3INO. The first kappa shape index (κ1) is 12.6. The number of hydrogen-bond acceptors (Lipinski definition) is 2. The fraction of sp³-hybridized carbons (Fsp3) is 0.333. The van der Waals surface area contributed by atoms with Crippen molar-refractivity contribution >= 4 is 28.3 Å². The Kier molecular flexibility index (Phi) is 4.21. The van der Waals surface area contributed by atoms with Crippen LogP contribution in [0, 0.1) is 3.57 Å². The summed E-state index contributed by atoms with van der Waals surface area (Å²) in [6.45, 7) is -0.538. The van der Waals surface area contributed by atoms with Crippen molar-refractivity contribution in [3.8, 4) is 0 Å². The third kappa shape index (κ3) is 4.25. The highest BCUT2D eigenvalue weighted by atomic mass is 127. The number of nitrogens with one attached hydrogen (secondary N) is 1. The molecule has 2 N–H and O–H groups in total. The quantitative estimate of drug-likeness (QED) is 0.835. The lowest BCUT2D eigenvalue weighted by Gasteiger charge is -2.15. The molecule has 1 atom stereocenters. The van der Waals surface area contributed by atoms with E-state index in [2.05, 4.69) is 27.9 Å². The molecule has 1 aromatic carbocycles. The van der Waals surface area contributed by atoms with Gasteiger partial charge in [0.05, 0.1) is 0 Å². The van der Waals surface area contributed by atoms with Gasteiger partial charge >= 0.3 is 6.18 Å². The second kappa shape index (κ2) is 5.02. The lowest BCUT2D eigenvalue weighted by atomic mass is 10.3. The van der Waals surface area contributed by atoms with Crippen molar-refractivity contribution < 1.29 is 18.3 Å². The minimum Gasteiger partial charge on any atom is -0.382 e. The van der Waals surface area contributed by atoms with Crippen molar-refractivity contribution in [2.75, 3.05) is 11.9 Å². The Morgan fingerprint density at radius 3 is 2.27 bits per heavy atom. The van der Waals surface area contributed by atoms with Crippen molar-refractivity contribution in [1.29, 1.82) is 0 Å². The summed E-state index contributed by atoms with van der Waals surface area (Å²) in [4.78, 5) is 0. The zero-order valence-corrected chi connectivity index (χ0v) is 9.71. The summed E-state index contributed by atoms with van der Waals surface area (Å²) in [6.07, 6.45) is -6.91. The molecule has 0 fully saturated rings. The van der Waals surface area contributed by atoms with Gasteiger partial charge in [0, 0.05) is 15.8 Å². The molecule has 0 spiro atoms. The van der Waals surface area contributed by atoms with Crippen LogP contribution in [0.5, 0.6) is 0 Å². The fourth-order valence-corrected chi connectivity index (χ4v) is 1.26. The lowest BCUT2D eigenvalue weighted by Crippen LogP contribution is -2.34. The van der Waals surface area contributed by atoms with Gasteiger partial charge in [0.1, 0.15) is 0 Å². The third-order valence-electron chi connectivity index (χ3n) is 1.72. The van der Waals surface area contributed by atoms with Crippen molar-refractivity contribution in [2.24, 2.45) is 0 Å². The molecule has 6 heteroatoms. The number of aliphatic hydroxyl groups is 1. The summed E-state index contributed by atoms with van der Waals surface area (Å²) < 4.78 is 36.8. The molecule has 0 bridgehead atoms. The average Bonchev–Trinajstić information content (AvgIpc) is 2.15. The molecule has 84 valence electrons. The summed E-state index contributed by atoms with van der Waals surface area (Å²) in [5.41, 5.74) is 0.554. The predicted octanol–water partition coefficient (Wildman–Crippen LogP) is 2.63. The van der Waals surface area contributed by atoms with Gasteiger partial charge in [-0.05, 0) is 46.9 Å². The first-order valence-electron chi connectivity index (χ1n) is 4.14. The molecule has 2 nitrogen and oxygen atoms in total. The van der Waals surface area contributed by atoms with Gasteiger partial charge in [0.25, 0.3) is 0 Å². The van der Waals surface area contributed by atoms with Crippen LogP contribution in [-0.2, 0) is 0 Å². The zero-order chi connectivity index (χ0) is 11.5. The van der Waals surface area contributed by atoms with Crippen LogP contribution in [0.1, 0.15) is 0 Å². The zero-order valence-electron chi connectivity index (χ0n) is 7.55. The number of hydrogen-bond donors (Lipinski definition) is 2. The van der Waals surface area contributed by atoms with E-state index in [1.165, 1.54) is 0 Å². The molecule has 0 radical (unpaired) electrons. The van der Waals surface area contributed by atoms with Gasteiger partial charge in [-0.25, -0.2) is 0 Å². The number of halogens is 4. The van der Waals surface area contributed by atoms with E-state index >= 15 is 0 Å². The SMILES string of the molecule is OC(CNc1ccc(I)cc1)C(F)(F)F. The third-order valence-corrected chi connectivity index (χ3v) is 2.44. The van der Waals surface area contributed by atoms with Crippen molar-refractivity contribution in [1.82, 2.24) is 0 Å². The van der Waals surface area contributed by atoms with Crippen molar-refractivity contribution in [3.63, 3.8) is 0 Å². The van der Waals surface area contributed by atoms with Crippen LogP contribution in [0.4, 0.5) is 18.9 Å². The molecule has 0 heterocycles. The Labute approximate surface area is 98.6 Å². The standard InChI is InChI=1S/C9H9F3INO/c10-9(11,12)8(15)5-14-7-3-1-6(13)2-4-7/h1-4,8,14-15H,5H2. The van der Waals surface area contributed by atoms with Crippen LogP contribution in [0.25, 0.3) is 0 Å². The smallest absolute Gasteiger partial charge is 0.382 e. The number of aliphatic hydroxyl groups excluding tert-OH is 1. The van der Waals surface area contributed by atoms with Gasteiger partial charge in [0.2, 0.25) is 0 Å².